The molecule has 0 bridgehead atoms. The molecule has 0 aromatic carbocycles. The molecule has 5 nitrogen and oxygen atoms in total. The van der Waals surface area contributed by atoms with Gasteiger partial charge in [-0.2, -0.15) is 0 Å². The van der Waals surface area contributed by atoms with Crippen LogP contribution in [-0.4, -0.2) is 60.1 Å². The van der Waals surface area contributed by atoms with Crippen LogP contribution in [0.25, 0.3) is 0 Å². The summed E-state index contributed by atoms with van der Waals surface area (Å²) in [5.74, 6) is 0. The van der Waals surface area contributed by atoms with Gasteiger partial charge < -0.3 is 25.2 Å². The van der Waals surface area contributed by atoms with Crippen LogP contribution in [0.3, 0.4) is 0 Å². The van der Waals surface area contributed by atoms with E-state index in [9.17, 15) is 0 Å². The van der Waals surface area contributed by atoms with Crippen LogP contribution in [0.4, 0.5) is 0 Å². The summed E-state index contributed by atoms with van der Waals surface area (Å²) in [6.07, 6.45) is 8.41. The maximum absolute atomic E-state index is 7.62. The second-order valence-corrected chi connectivity index (χ2v) is 4.03. The SMILES string of the molecule is C=CC.C=CC.CCCCOCCCC.OCCO.OCCO. The average molecular weight is 339 g/mol. The van der Waals surface area contributed by atoms with Gasteiger partial charge in [0, 0.05) is 13.2 Å². The normalized spacial score (nSPS) is 7.65. The quantitative estimate of drug-likeness (QED) is 0.403. The van der Waals surface area contributed by atoms with Crippen LogP contribution in [-0.2, 0) is 4.74 Å². The van der Waals surface area contributed by atoms with Crippen LogP contribution >= 0.6 is 0 Å². The molecule has 0 heterocycles. The van der Waals surface area contributed by atoms with Gasteiger partial charge in [-0.05, 0) is 26.7 Å². The molecule has 0 saturated heterocycles. The monoisotopic (exact) mass is 338 g/mol. The van der Waals surface area contributed by atoms with Gasteiger partial charge in [-0.1, -0.05) is 38.8 Å². The lowest BCUT2D eigenvalue weighted by Gasteiger charge is -1.99. The van der Waals surface area contributed by atoms with Gasteiger partial charge in [-0.15, -0.1) is 13.2 Å². The molecular weight excluding hydrogens is 296 g/mol. The number of aliphatic hydroxyl groups excluding tert-OH is 4. The second-order valence-electron chi connectivity index (χ2n) is 4.03. The van der Waals surface area contributed by atoms with Gasteiger partial charge in [-0.3, -0.25) is 0 Å². The molecule has 0 aliphatic heterocycles. The third kappa shape index (κ3) is 149. The van der Waals surface area contributed by atoms with Gasteiger partial charge >= 0.3 is 0 Å². The molecule has 0 spiro atoms. The average Bonchev–Trinajstić information content (AvgIpc) is 2.57. The molecule has 5 heteroatoms. The highest BCUT2D eigenvalue weighted by Crippen LogP contribution is 1.91. The Bertz CT molecular complexity index is 132. The lowest BCUT2D eigenvalue weighted by molar-refractivity contribution is 0.128. The molecule has 0 radical (unpaired) electrons. The van der Waals surface area contributed by atoms with Crippen molar-refractivity contribution in [3.8, 4) is 0 Å². The Hall–Kier alpha value is -0.720. The maximum Gasteiger partial charge on any atom is 0.0662 e. The van der Waals surface area contributed by atoms with Crippen molar-refractivity contribution in [2.24, 2.45) is 0 Å². The van der Waals surface area contributed by atoms with E-state index in [1.165, 1.54) is 25.7 Å². The standard InChI is InChI=1S/C8H18O.2C3H6.2C2H6O2/c1-3-5-7-9-8-6-4-2;2*1-3-2;2*3-1-2-4/h3-8H2,1-2H3;2*3H,1H2,2H3;2*3-4H,1-2H2. The van der Waals surface area contributed by atoms with Crippen molar-refractivity contribution in [3.63, 3.8) is 0 Å². The van der Waals surface area contributed by atoms with E-state index >= 15 is 0 Å². The van der Waals surface area contributed by atoms with Crippen molar-refractivity contribution in [2.75, 3.05) is 39.6 Å². The van der Waals surface area contributed by atoms with Gasteiger partial charge in [0.25, 0.3) is 0 Å². The highest BCUT2D eigenvalue weighted by atomic mass is 16.5. The summed E-state index contributed by atoms with van der Waals surface area (Å²) in [6, 6.07) is 0. The van der Waals surface area contributed by atoms with E-state index in [4.69, 9.17) is 25.2 Å². The Morgan fingerprint density at radius 1 is 0.696 bits per heavy atom. The van der Waals surface area contributed by atoms with Crippen LogP contribution in [0.1, 0.15) is 53.4 Å². The lowest BCUT2D eigenvalue weighted by atomic mass is 10.3. The fraction of sp³-hybridized carbons (Fsp3) is 0.778. The first-order chi connectivity index (χ1) is 11.1. The minimum absolute atomic E-state index is 0.125. The van der Waals surface area contributed by atoms with Gasteiger partial charge in [0.1, 0.15) is 0 Å². The number of rotatable bonds is 8. The molecule has 0 saturated carbocycles. The third-order valence-electron chi connectivity index (χ3n) is 1.48. The van der Waals surface area contributed by atoms with E-state index in [-0.39, 0.29) is 26.4 Å². The van der Waals surface area contributed by atoms with Gasteiger partial charge in [0.05, 0.1) is 26.4 Å². The van der Waals surface area contributed by atoms with Crippen molar-refractivity contribution in [1.82, 2.24) is 0 Å². The molecule has 0 fully saturated rings. The Labute approximate surface area is 144 Å². The van der Waals surface area contributed by atoms with Gasteiger partial charge in [0.2, 0.25) is 0 Å². The zero-order chi connectivity index (χ0) is 19.2. The fourth-order valence-corrected chi connectivity index (χ4v) is 0.595. The van der Waals surface area contributed by atoms with Crippen molar-refractivity contribution < 1.29 is 25.2 Å². The summed E-state index contributed by atoms with van der Waals surface area (Å²) in [5, 5.41) is 30.5. The third-order valence-corrected chi connectivity index (χ3v) is 1.48. The predicted molar refractivity (Wildman–Crippen MR) is 101 cm³/mol. The molecule has 4 N–H and O–H groups in total. The van der Waals surface area contributed by atoms with Crippen molar-refractivity contribution in [3.05, 3.63) is 25.3 Å². The summed E-state index contributed by atoms with van der Waals surface area (Å²) in [5.41, 5.74) is 0. The first kappa shape index (κ1) is 33.8. The molecule has 0 aromatic heterocycles. The van der Waals surface area contributed by atoms with Crippen LogP contribution in [0.15, 0.2) is 25.3 Å². The van der Waals surface area contributed by atoms with Gasteiger partial charge in [-0.25, -0.2) is 0 Å². The Morgan fingerprint density at radius 2 is 0.913 bits per heavy atom. The zero-order valence-electron chi connectivity index (χ0n) is 15.8. The molecular formula is C18H42O5. The van der Waals surface area contributed by atoms with Crippen LogP contribution in [0.5, 0.6) is 0 Å². The fourth-order valence-electron chi connectivity index (χ4n) is 0.595. The largest absolute Gasteiger partial charge is 0.394 e. The smallest absolute Gasteiger partial charge is 0.0662 e. The lowest BCUT2D eigenvalue weighted by Crippen LogP contribution is -1.95. The summed E-state index contributed by atoms with van der Waals surface area (Å²) in [6.45, 7) is 16.3. The number of hydrogen-bond acceptors (Lipinski definition) is 5. The maximum atomic E-state index is 7.62. The van der Waals surface area contributed by atoms with E-state index < -0.39 is 0 Å². The highest BCUT2D eigenvalue weighted by molar-refractivity contribution is 4.52. The van der Waals surface area contributed by atoms with Gasteiger partial charge in [0.15, 0.2) is 0 Å². The highest BCUT2D eigenvalue weighted by Gasteiger charge is 1.84. The number of unbranched alkanes of at least 4 members (excludes halogenated alkanes) is 2. The van der Waals surface area contributed by atoms with Crippen LogP contribution in [0, 0.1) is 0 Å². The molecule has 0 atom stereocenters. The number of aliphatic hydroxyl groups is 4. The summed E-state index contributed by atoms with van der Waals surface area (Å²) >= 11 is 0. The molecule has 23 heavy (non-hydrogen) atoms. The molecule has 144 valence electrons. The zero-order valence-corrected chi connectivity index (χ0v) is 15.8. The van der Waals surface area contributed by atoms with E-state index in [0.29, 0.717) is 0 Å². The van der Waals surface area contributed by atoms with Crippen LogP contribution < -0.4 is 0 Å². The molecule has 0 aliphatic carbocycles. The molecule has 0 aliphatic rings. The van der Waals surface area contributed by atoms with Crippen molar-refractivity contribution in [2.45, 2.75) is 53.4 Å². The van der Waals surface area contributed by atoms with Crippen molar-refractivity contribution in [1.29, 1.82) is 0 Å². The Balaban J connectivity index is -0.0000000652. The number of ether oxygens (including phenoxy) is 1. The first-order valence-electron chi connectivity index (χ1n) is 8.23. The van der Waals surface area contributed by atoms with Crippen LogP contribution in [0.2, 0.25) is 0 Å². The molecule has 0 rings (SSSR count). The minimum atomic E-state index is -0.125. The Kier molecular flexibility index (Phi) is 85.3. The predicted octanol–water partition coefficient (Wildman–Crippen LogP) is 2.93. The molecule has 0 amide bonds. The van der Waals surface area contributed by atoms with Crippen molar-refractivity contribution >= 4 is 0 Å². The number of allylic oxidation sites excluding steroid dienone is 2. The van der Waals surface area contributed by atoms with E-state index in [1.54, 1.807) is 12.2 Å². The van der Waals surface area contributed by atoms with E-state index in [2.05, 4.69) is 27.0 Å². The number of hydrogen-bond donors (Lipinski definition) is 4. The minimum Gasteiger partial charge on any atom is -0.394 e. The molecule has 0 aromatic rings. The summed E-state index contributed by atoms with van der Waals surface area (Å²) < 4.78 is 5.31. The Morgan fingerprint density at radius 3 is 1.04 bits per heavy atom. The summed E-state index contributed by atoms with van der Waals surface area (Å²) in [4.78, 5) is 0. The van der Waals surface area contributed by atoms with E-state index in [0.717, 1.165) is 13.2 Å². The van der Waals surface area contributed by atoms with E-state index in [1.807, 2.05) is 13.8 Å². The molecule has 0 unspecified atom stereocenters. The second kappa shape index (κ2) is 58.0. The topological polar surface area (TPSA) is 90.2 Å². The first-order valence-corrected chi connectivity index (χ1v) is 8.23. The summed E-state index contributed by atoms with van der Waals surface area (Å²) in [7, 11) is 0.